The van der Waals surface area contributed by atoms with E-state index in [-0.39, 0.29) is 16.8 Å². The van der Waals surface area contributed by atoms with Crippen molar-refractivity contribution in [3.05, 3.63) is 41.6 Å². The van der Waals surface area contributed by atoms with E-state index in [0.717, 1.165) is 19.0 Å². The van der Waals surface area contributed by atoms with E-state index in [4.69, 9.17) is 4.74 Å². The first-order chi connectivity index (χ1) is 11.5. The number of para-hydroxylation sites is 1. The normalized spacial score (nSPS) is 18.5. The second kappa shape index (κ2) is 6.76. The molecule has 3 rings (SSSR count). The van der Waals surface area contributed by atoms with Gasteiger partial charge in [0.15, 0.2) is 0 Å². The number of hydrogen-bond donors (Lipinski definition) is 1. The van der Waals surface area contributed by atoms with Crippen molar-refractivity contribution in [1.29, 1.82) is 0 Å². The molecule has 7 heteroatoms. The molecule has 0 aliphatic carbocycles. The Morgan fingerprint density at radius 3 is 2.83 bits per heavy atom. The van der Waals surface area contributed by atoms with Crippen LogP contribution in [0.25, 0.3) is 10.9 Å². The number of alkyl halides is 3. The average Bonchev–Trinajstić information content (AvgIpc) is 2.58. The monoisotopic (exact) mass is 338 g/mol. The lowest BCUT2D eigenvalue weighted by molar-refractivity contribution is -0.136. The summed E-state index contributed by atoms with van der Waals surface area (Å²) in [6.07, 6.45) is -1.85. The molecule has 1 aliphatic rings. The fraction of sp³-hybridized carbons (Fsp3) is 0.412. The van der Waals surface area contributed by atoms with Gasteiger partial charge in [0, 0.05) is 24.7 Å². The molecule has 24 heavy (non-hydrogen) atoms. The molecule has 1 fully saturated rings. The molecule has 1 amide bonds. The van der Waals surface area contributed by atoms with Gasteiger partial charge in [0.05, 0.1) is 23.3 Å². The summed E-state index contributed by atoms with van der Waals surface area (Å²) in [4.78, 5) is 16.3. The van der Waals surface area contributed by atoms with E-state index in [1.807, 2.05) is 0 Å². The van der Waals surface area contributed by atoms with Crippen molar-refractivity contribution in [3.63, 3.8) is 0 Å². The number of nitrogens with one attached hydrogen (secondary N) is 1. The maximum absolute atomic E-state index is 13.5. The molecule has 1 aliphatic heterocycles. The van der Waals surface area contributed by atoms with Crippen molar-refractivity contribution in [1.82, 2.24) is 10.3 Å². The first-order valence-electron chi connectivity index (χ1n) is 7.77. The SMILES string of the molecule is O=C(NCC1CCCOC1)c1cnc2ccccc2c1C(F)(F)F. The Kier molecular flexibility index (Phi) is 4.71. The van der Waals surface area contributed by atoms with Crippen LogP contribution in [0.2, 0.25) is 0 Å². The van der Waals surface area contributed by atoms with Crippen LogP contribution in [-0.4, -0.2) is 30.6 Å². The number of fused-ring (bicyclic) bond motifs is 1. The number of amides is 1. The molecule has 0 bridgehead atoms. The highest BCUT2D eigenvalue weighted by Gasteiger charge is 2.37. The van der Waals surface area contributed by atoms with Crippen LogP contribution in [0.3, 0.4) is 0 Å². The lowest BCUT2D eigenvalue weighted by Crippen LogP contribution is -2.34. The zero-order valence-electron chi connectivity index (χ0n) is 12.9. The Hall–Kier alpha value is -2.15. The number of carbonyl (C=O) groups is 1. The van der Waals surface area contributed by atoms with Gasteiger partial charge in [-0.3, -0.25) is 9.78 Å². The van der Waals surface area contributed by atoms with Crippen molar-refractivity contribution in [2.45, 2.75) is 19.0 Å². The Bertz CT molecular complexity index is 740. The van der Waals surface area contributed by atoms with Gasteiger partial charge in [-0.15, -0.1) is 0 Å². The number of hydrogen-bond acceptors (Lipinski definition) is 3. The number of rotatable bonds is 3. The Morgan fingerprint density at radius 2 is 2.12 bits per heavy atom. The van der Waals surface area contributed by atoms with Gasteiger partial charge in [0.1, 0.15) is 0 Å². The minimum absolute atomic E-state index is 0.0707. The highest BCUT2D eigenvalue weighted by molar-refractivity contribution is 6.00. The van der Waals surface area contributed by atoms with Crippen molar-refractivity contribution < 1.29 is 22.7 Å². The van der Waals surface area contributed by atoms with E-state index < -0.39 is 23.2 Å². The topological polar surface area (TPSA) is 51.2 Å². The first-order valence-corrected chi connectivity index (χ1v) is 7.77. The summed E-state index contributed by atoms with van der Waals surface area (Å²) in [7, 11) is 0. The van der Waals surface area contributed by atoms with E-state index >= 15 is 0 Å². The van der Waals surface area contributed by atoms with Crippen LogP contribution in [0.5, 0.6) is 0 Å². The second-order valence-electron chi connectivity index (χ2n) is 5.85. The predicted octanol–water partition coefficient (Wildman–Crippen LogP) is 3.41. The number of ether oxygens (including phenoxy) is 1. The van der Waals surface area contributed by atoms with Crippen LogP contribution >= 0.6 is 0 Å². The summed E-state index contributed by atoms with van der Waals surface area (Å²) in [6.45, 7) is 1.50. The van der Waals surface area contributed by atoms with Gasteiger partial charge in [-0.25, -0.2) is 0 Å². The third kappa shape index (κ3) is 3.51. The molecule has 128 valence electrons. The molecule has 1 aromatic carbocycles. The highest BCUT2D eigenvalue weighted by Crippen LogP contribution is 2.36. The minimum atomic E-state index is -4.64. The Balaban J connectivity index is 1.88. The van der Waals surface area contributed by atoms with Crippen molar-refractivity contribution >= 4 is 16.8 Å². The van der Waals surface area contributed by atoms with Gasteiger partial charge in [0.25, 0.3) is 5.91 Å². The van der Waals surface area contributed by atoms with E-state index in [2.05, 4.69) is 10.3 Å². The zero-order valence-corrected chi connectivity index (χ0v) is 12.9. The number of halogens is 3. The molecule has 4 nitrogen and oxygen atoms in total. The summed E-state index contributed by atoms with van der Waals surface area (Å²) in [5, 5.41) is 2.52. The molecule has 1 unspecified atom stereocenters. The third-order valence-corrected chi connectivity index (χ3v) is 4.11. The fourth-order valence-electron chi connectivity index (χ4n) is 2.92. The van der Waals surface area contributed by atoms with Gasteiger partial charge in [-0.2, -0.15) is 13.2 Å². The summed E-state index contributed by atoms with van der Waals surface area (Å²) in [6, 6.07) is 5.93. The van der Waals surface area contributed by atoms with Gasteiger partial charge in [-0.05, 0) is 24.8 Å². The number of nitrogens with zero attached hydrogens (tertiary/aromatic N) is 1. The van der Waals surface area contributed by atoms with E-state index in [1.165, 1.54) is 18.2 Å². The maximum Gasteiger partial charge on any atom is 0.417 e. The van der Waals surface area contributed by atoms with Crippen LogP contribution < -0.4 is 5.32 Å². The Morgan fingerprint density at radius 1 is 1.33 bits per heavy atom. The predicted molar refractivity (Wildman–Crippen MR) is 82.6 cm³/mol. The van der Waals surface area contributed by atoms with Gasteiger partial charge in [-0.1, -0.05) is 18.2 Å². The molecular formula is C17H17F3N2O2. The third-order valence-electron chi connectivity index (χ3n) is 4.11. The molecule has 2 heterocycles. The number of benzene rings is 1. The molecule has 0 radical (unpaired) electrons. The van der Waals surface area contributed by atoms with Gasteiger partial charge in [0.2, 0.25) is 0 Å². The second-order valence-corrected chi connectivity index (χ2v) is 5.85. The standard InChI is InChI=1S/C17H17F3N2O2/c18-17(19,20)15-12-5-1-2-6-14(12)21-9-13(15)16(23)22-8-11-4-3-7-24-10-11/h1-2,5-6,9,11H,3-4,7-8,10H2,(H,22,23). The van der Waals surface area contributed by atoms with Crippen LogP contribution in [0, 0.1) is 5.92 Å². The number of pyridine rings is 1. The largest absolute Gasteiger partial charge is 0.417 e. The smallest absolute Gasteiger partial charge is 0.381 e. The van der Waals surface area contributed by atoms with E-state index in [1.54, 1.807) is 6.07 Å². The summed E-state index contributed by atoms with van der Waals surface area (Å²) < 4.78 is 45.8. The molecule has 0 saturated carbocycles. The van der Waals surface area contributed by atoms with Crippen LogP contribution in [0.4, 0.5) is 13.2 Å². The molecule has 1 atom stereocenters. The van der Waals surface area contributed by atoms with Crippen LogP contribution in [-0.2, 0) is 10.9 Å². The lowest BCUT2D eigenvalue weighted by atomic mass is 10.0. The van der Waals surface area contributed by atoms with Gasteiger partial charge < -0.3 is 10.1 Å². The quantitative estimate of drug-likeness (QED) is 0.933. The molecule has 1 N–H and O–H groups in total. The molecular weight excluding hydrogens is 321 g/mol. The van der Waals surface area contributed by atoms with Crippen molar-refractivity contribution in [2.75, 3.05) is 19.8 Å². The molecule has 1 saturated heterocycles. The zero-order chi connectivity index (χ0) is 17.2. The van der Waals surface area contributed by atoms with E-state index in [0.29, 0.717) is 19.8 Å². The fourth-order valence-corrected chi connectivity index (χ4v) is 2.92. The highest BCUT2D eigenvalue weighted by atomic mass is 19.4. The Labute approximate surface area is 137 Å². The summed E-state index contributed by atoms with van der Waals surface area (Å²) in [5.41, 5.74) is -1.18. The number of aromatic nitrogens is 1. The van der Waals surface area contributed by atoms with Crippen LogP contribution in [0.15, 0.2) is 30.5 Å². The molecule has 1 aromatic heterocycles. The summed E-state index contributed by atoms with van der Waals surface area (Å²) >= 11 is 0. The van der Waals surface area contributed by atoms with Crippen molar-refractivity contribution in [3.8, 4) is 0 Å². The minimum Gasteiger partial charge on any atom is -0.381 e. The maximum atomic E-state index is 13.5. The molecule has 0 spiro atoms. The van der Waals surface area contributed by atoms with Crippen molar-refractivity contribution in [2.24, 2.45) is 5.92 Å². The van der Waals surface area contributed by atoms with Gasteiger partial charge >= 0.3 is 6.18 Å². The summed E-state index contributed by atoms with van der Waals surface area (Å²) in [5.74, 6) is -0.628. The first kappa shape index (κ1) is 16.7. The molecule has 2 aromatic rings. The average molecular weight is 338 g/mol. The van der Waals surface area contributed by atoms with Crippen LogP contribution in [0.1, 0.15) is 28.8 Å². The number of carbonyl (C=O) groups excluding carboxylic acids is 1. The van der Waals surface area contributed by atoms with E-state index in [9.17, 15) is 18.0 Å². The lowest BCUT2D eigenvalue weighted by Gasteiger charge is -2.22.